The van der Waals surface area contributed by atoms with Crippen molar-refractivity contribution < 1.29 is 49.5 Å². The smallest absolute Gasteiger partial charge is 0.317 e. The molecule has 13 nitrogen and oxygen atoms in total. The number of carbonyl (C=O) groups is 5. The fraction of sp³-hybridized carbons (Fsp3) is 0.750. The summed E-state index contributed by atoms with van der Waals surface area (Å²) in [6.45, 7) is 4.43. The molecule has 0 aromatic carbocycles. The molecule has 0 radical (unpaired) electrons. The van der Waals surface area contributed by atoms with Gasteiger partial charge in [0.15, 0.2) is 0 Å². The molecule has 0 aliphatic heterocycles. The number of rotatable bonds is 17. The maximum absolute atomic E-state index is 11.5. The van der Waals surface area contributed by atoms with Crippen LogP contribution in [-0.4, -0.2) is 128 Å². The number of nitrogens with zero attached hydrogens (tertiary/aromatic N) is 3. The molecule has 0 aliphatic rings. The normalized spacial score (nSPS) is 13.8. The summed E-state index contributed by atoms with van der Waals surface area (Å²) >= 11 is 0. The van der Waals surface area contributed by atoms with E-state index in [1.54, 1.807) is 6.92 Å². The fourth-order valence-corrected chi connectivity index (χ4v) is 3.57. The molecule has 2 atom stereocenters. The van der Waals surface area contributed by atoms with Gasteiger partial charge in [0.2, 0.25) is 0 Å². The second kappa shape index (κ2) is 13.7. The summed E-state index contributed by atoms with van der Waals surface area (Å²) in [5.41, 5.74) is -0.348. The molecule has 0 aliphatic carbocycles. The highest BCUT2D eigenvalue weighted by molar-refractivity contribution is 5.73. The van der Waals surface area contributed by atoms with Crippen LogP contribution in [0.3, 0.4) is 0 Å². The number of carboxylic acid groups (broad SMARTS) is 5. The van der Waals surface area contributed by atoms with Crippen LogP contribution in [0.5, 0.6) is 0 Å². The second-order valence-electron chi connectivity index (χ2n) is 9.24. The predicted molar refractivity (Wildman–Crippen MR) is 115 cm³/mol. The first kappa shape index (κ1) is 30.2. The van der Waals surface area contributed by atoms with Crippen molar-refractivity contribution >= 4 is 29.8 Å². The molecule has 190 valence electrons. The van der Waals surface area contributed by atoms with Gasteiger partial charge in [0, 0.05) is 25.2 Å². The SMILES string of the molecule is CC(CN(CC(=O)O)CC(CC(C)(C)C)N(CC(=O)O)CC(=O)O)N(CC(=O)O)CC(=O)O. The van der Waals surface area contributed by atoms with Gasteiger partial charge in [-0.2, -0.15) is 0 Å². The first-order chi connectivity index (χ1) is 15.0. The Morgan fingerprint density at radius 3 is 1.33 bits per heavy atom. The van der Waals surface area contributed by atoms with Crippen molar-refractivity contribution in [2.75, 3.05) is 45.8 Å². The lowest BCUT2D eigenvalue weighted by molar-refractivity contribution is -0.145. The Kier molecular flexibility index (Phi) is 12.6. The Bertz CT molecular complexity index is 675. The maximum Gasteiger partial charge on any atom is 0.317 e. The third-order valence-electron chi connectivity index (χ3n) is 4.69. The quantitative estimate of drug-likeness (QED) is 0.180. The van der Waals surface area contributed by atoms with E-state index in [0.717, 1.165) is 0 Å². The van der Waals surface area contributed by atoms with Crippen molar-refractivity contribution in [1.29, 1.82) is 0 Å². The lowest BCUT2D eigenvalue weighted by Crippen LogP contribution is -2.53. The van der Waals surface area contributed by atoms with E-state index in [1.165, 1.54) is 14.7 Å². The van der Waals surface area contributed by atoms with Gasteiger partial charge in [-0.1, -0.05) is 20.8 Å². The van der Waals surface area contributed by atoms with Gasteiger partial charge in [-0.3, -0.25) is 38.7 Å². The van der Waals surface area contributed by atoms with Crippen molar-refractivity contribution in [3.63, 3.8) is 0 Å². The highest BCUT2D eigenvalue weighted by Gasteiger charge is 2.31. The van der Waals surface area contributed by atoms with Crippen molar-refractivity contribution in [3.8, 4) is 0 Å². The molecule has 2 unspecified atom stereocenters. The molecule has 0 saturated heterocycles. The minimum atomic E-state index is -1.24. The van der Waals surface area contributed by atoms with Gasteiger partial charge < -0.3 is 25.5 Å². The first-order valence-corrected chi connectivity index (χ1v) is 10.3. The van der Waals surface area contributed by atoms with Gasteiger partial charge in [-0.05, 0) is 18.8 Å². The molecule has 0 amide bonds. The molecule has 0 bridgehead atoms. The molecular weight excluding hydrogens is 442 g/mol. The molecule has 33 heavy (non-hydrogen) atoms. The Morgan fingerprint density at radius 1 is 0.636 bits per heavy atom. The van der Waals surface area contributed by atoms with Gasteiger partial charge in [0.1, 0.15) is 0 Å². The maximum atomic E-state index is 11.5. The monoisotopic (exact) mass is 477 g/mol. The van der Waals surface area contributed by atoms with E-state index < -0.39 is 74.7 Å². The van der Waals surface area contributed by atoms with E-state index in [1.807, 2.05) is 20.8 Å². The Balaban J connectivity index is 5.88. The molecule has 0 aromatic heterocycles. The van der Waals surface area contributed by atoms with Crippen LogP contribution >= 0.6 is 0 Å². The number of hydrogen-bond donors (Lipinski definition) is 5. The van der Waals surface area contributed by atoms with Gasteiger partial charge in [-0.25, -0.2) is 0 Å². The van der Waals surface area contributed by atoms with Gasteiger partial charge in [-0.15, -0.1) is 0 Å². The third kappa shape index (κ3) is 14.8. The number of carboxylic acids is 5. The Hall–Kier alpha value is -2.77. The molecule has 0 heterocycles. The average molecular weight is 478 g/mol. The van der Waals surface area contributed by atoms with Crippen molar-refractivity contribution in [3.05, 3.63) is 0 Å². The van der Waals surface area contributed by atoms with E-state index in [0.29, 0.717) is 6.42 Å². The third-order valence-corrected chi connectivity index (χ3v) is 4.69. The minimum absolute atomic E-state index is 0.0115. The minimum Gasteiger partial charge on any atom is -0.480 e. The summed E-state index contributed by atoms with van der Waals surface area (Å²) in [5.74, 6) is -6.15. The van der Waals surface area contributed by atoms with Crippen LogP contribution < -0.4 is 0 Å². The zero-order valence-corrected chi connectivity index (χ0v) is 19.4. The average Bonchev–Trinajstić information content (AvgIpc) is 2.56. The predicted octanol–water partition coefficient (Wildman–Crippen LogP) is -0.491. The Labute approximate surface area is 192 Å². The van der Waals surface area contributed by atoms with E-state index in [2.05, 4.69) is 0 Å². The van der Waals surface area contributed by atoms with E-state index in [9.17, 15) is 39.3 Å². The first-order valence-electron chi connectivity index (χ1n) is 10.3. The standard InChI is InChI=1S/C20H35N3O10/c1-13(22(9-16(26)27)10-17(28)29)6-21(8-15(24)25)7-14(5-20(2,3)4)23(11-18(30)31)12-19(32)33/h13-14H,5-12H2,1-4H3,(H,24,25)(H,26,27)(H,28,29)(H,30,31)(H,32,33). The largest absolute Gasteiger partial charge is 0.480 e. The molecule has 13 heteroatoms. The second-order valence-corrected chi connectivity index (χ2v) is 9.24. The zero-order valence-electron chi connectivity index (χ0n) is 19.4. The van der Waals surface area contributed by atoms with Crippen LogP contribution in [0, 0.1) is 5.41 Å². The summed E-state index contributed by atoms with van der Waals surface area (Å²) < 4.78 is 0. The highest BCUT2D eigenvalue weighted by atomic mass is 16.4. The molecule has 5 N–H and O–H groups in total. The zero-order chi connectivity index (χ0) is 25.9. The number of aliphatic carboxylic acids is 5. The molecule has 0 aromatic rings. The van der Waals surface area contributed by atoms with Crippen LogP contribution in [0.2, 0.25) is 0 Å². The number of hydrogen-bond acceptors (Lipinski definition) is 8. The summed E-state index contributed by atoms with van der Waals surface area (Å²) in [5, 5.41) is 46.0. The summed E-state index contributed by atoms with van der Waals surface area (Å²) in [7, 11) is 0. The highest BCUT2D eigenvalue weighted by Crippen LogP contribution is 2.24. The lowest BCUT2D eigenvalue weighted by Gasteiger charge is -2.38. The van der Waals surface area contributed by atoms with Crippen LogP contribution in [0.1, 0.15) is 34.1 Å². The summed E-state index contributed by atoms with van der Waals surface area (Å²) in [4.78, 5) is 60.3. The summed E-state index contributed by atoms with van der Waals surface area (Å²) in [6.07, 6.45) is 0.353. The van der Waals surface area contributed by atoms with Gasteiger partial charge in [0.25, 0.3) is 0 Å². The van der Waals surface area contributed by atoms with Crippen LogP contribution in [0.4, 0.5) is 0 Å². The van der Waals surface area contributed by atoms with Gasteiger partial charge in [0.05, 0.1) is 32.7 Å². The molecule has 0 spiro atoms. The van der Waals surface area contributed by atoms with Crippen LogP contribution in [-0.2, 0) is 24.0 Å². The molecule has 0 saturated carbocycles. The van der Waals surface area contributed by atoms with E-state index >= 15 is 0 Å². The molecule has 0 rings (SSSR count). The van der Waals surface area contributed by atoms with Gasteiger partial charge >= 0.3 is 29.8 Å². The van der Waals surface area contributed by atoms with Crippen LogP contribution in [0.25, 0.3) is 0 Å². The van der Waals surface area contributed by atoms with E-state index in [4.69, 9.17) is 10.2 Å². The summed E-state index contributed by atoms with van der Waals surface area (Å²) in [6, 6.07) is -1.31. The van der Waals surface area contributed by atoms with Crippen LogP contribution in [0.15, 0.2) is 0 Å². The van der Waals surface area contributed by atoms with Crippen molar-refractivity contribution in [2.24, 2.45) is 5.41 Å². The van der Waals surface area contributed by atoms with Crippen molar-refractivity contribution in [2.45, 2.75) is 46.2 Å². The molecule has 0 fully saturated rings. The topological polar surface area (TPSA) is 196 Å². The Morgan fingerprint density at radius 2 is 1.00 bits per heavy atom. The lowest BCUT2D eigenvalue weighted by atomic mass is 9.87. The molecular formula is C20H35N3O10. The fourth-order valence-electron chi connectivity index (χ4n) is 3.57. The van der Waals surface area contributed by atoms with E-state index in [-0.39, 0.29) is 18.5 Å². The van der Waals surface area contributed by atoms with Crippen molar-refractivity contribution in [1.82, 2.24) is 14.7 Å².